The van der Waals surface area contributed by atoms with E-state index < -0.39 is 6.04 Å². The number of halogens is 1. The highest BCUT2D eigenvalue weighted by Crippen LogP contribution is 2.27. The second-order valence-corrected chi connectivity index (χ2v) is 4.68. The molecule has 2 N–H and O–H groups in total. The first kappa shape index (κ1) is 13.6. The van der Waals surface area contributed by atoms with Crippen LogP contribution in [0.25, 0.3) is 0 Å². The van der Waals surface area contributed by atoms with Crippen LogP contribution in [0.15, 0.2) is 36.4 Å². The Hall–Kier alpha value is -1.87. The molecule has 0 aliphatic heterocycles. The third-order valence-corrected chi connectivity index (χ3v) is 3.33. The predicted octanol–water partition coefficient (Wildman–Crippen LogP) is 3.50. The standard InChI is InChI=1S/C16H18FNO/c1-10-5-4-6-13(15(10)17)16(18)12-7-8-14(19-3)11(2)9-12/h4-9,16H,18H2,1-3H3. The van der Waals surface area contributed by atoms with Crippen molar-refractivity contribution in [1.82, 2.24) is 0 Å². The Morgan fingerprint density at radius 3 is 2.47 bits per heavy atom. The van der Waals surface area contributed by atoms with Crippen LogP contribution in [0.4, 0.5) is 4.39 Å². The van der Waals surface area contributed by atoms with E-state index in [1.165, 1.54) is 0 Å². The van der Waals surface area contributed by atoms with Gasteiger partial charge in [0.1, 0.15) is 11.6 Å². The number of ether oxygens (including phenoxy) is 1. The monoisotopic (exact) mass is 259 g/mol. The molecule has 0 fully saturated rings. The maximum atomic E-state index is 14.1. The van der Waals surface area contributed by atoms with Gasteiger partial charge in [0.05, 0.1) is 13.2 Å². The van der Waals surface area contributed by atoms with Gasteiger partial charge in [-0.3, -0.25) is 0 Å². The zero-order valence-electron chi connectivity index (χ0n) is 11.4. The van der Waals surface area contributed by atoms with Crippen LogP contribution in [0.1, 0.15) is 28.3 Å². The summed E-state index contributed by atoms with van der Waals surface area (Å²) in [6.07, 6.45) is 0. The molecule has 19 heavy (non-hydrogen) atoms. The van der Waals surface area contributed by atoms with E-state index >= 15 is 0 Å². The number of benzene rings is 2. The average molecular weight is 259 g/mol. The molecule has 2 aromatic rings. The molecule has 3 heteroatoms. The molecule has 0 saturated heterocycles. The van der Waals surface area contributed by atoms with Crippen LogP contribution in [0.2, 0.25) is 0 Å². The van der Waals surface area contributed by atoms with Crippen LogP contribution in [0.5, 0.6) is 5.75 Å². The lowest BCUT2D eigenvalue weighted by atomic mass is 9.96. The molecular weight excluding hydrogens is 241 g/mol. The van der Waals surface area contributed by atoms with Gasteiger partial charge in [0, 0.05) is 5.56 Å². The Morgan fingerprint density at radius 1 is 1.11 bits per heavy atom. The molecule has 2 aromatic carbocycles. The molecule has 0 spiro atoms. The van der Waals surface area contributed by atoms with Crippen LogP contribution in [-0.2, 0) is 0 Å². The fourth-order valence-electron chi connectivity index (χ4n) is 2.18. The van der Waals surface area contributed by atoms with E-state index in [0.29, 0.717) is 11.1 Å². The van der Waals surface area contributed by atoms with E-state index in [-0.39, 0.29) is 5.82 Å². The minimum atomic E-state index is -0.468. The van der Waals surface area contributed by atoms with Gasteiger partial charge in [-0.05, 0) is 36.6 Å². The molecule has 1 unspecified atom stereocenters. The first-order valence-electron chi connectivity index (χ1n) is 6.19. The number of hydrogen-bond acceptors (Lipinski definition) is 2. The molecule has 0 heterocycles. The fourth-order valence-corrected chi connectivity index (χ4v) is 2.18. The smallest absolute Gasteiger partial charge is 0.131 e. The van der Waals surface area contributed by atoms with Gasteiger partial charge in [0.2, 0.25) is 0 Å². The number of rotatable bonds is 3. The zero-order chi connectivity index (χ0) is 14.0. The third kappa shape index (κ3) is 2.61. The van der Waals surface area contributed by atoms with Crippen LogP contribution < -0.4 is 10.5 Å². The van der Waals surface area contributed by atoms with Crippen molar-refractivity contribution in [3.05, 3.63) is 64.5 Å². The van der Waals surface area contributed by atoms with E-state index in [9.17, 15) is 4.39 Å². The van der Waals surface area contributed by atoms with E-state index in [2.05, 4.69) is 0 Å². The Balaban J connectivity index is 2.41. The largest absolute Gasteiger partial charge is 0.496 e. The first-order valence-corrected chi connectivity index (χ1v) is 6.19. The summed E-state index contributed by atoms with van der Waals surface area (Å²) in [6, 6.07) is 10.5. The summed E-state index contributed by atoms with van der Waals surface area (Å²) >= 11 is 0. The topological polar surface area (TPSA) is 35.2 Å². The Morgan fingerprint density at radius 2 is 1.84 bits per heavy atom. The van der Waals surface area contributed by atoms with E-state index in [4.69, 9.17) is 10.5 Å². The third-order valence-electron chi connectivity index (χ3n) is 3.33. The lowest BCUT2D eigenvalue weighted by molar-refractivity contribution is 0.411. The van der Waals surface area contributed by atoms with Gasteiger partial charge in [0.15, 0.2) is 0 Å². The molecule has 0 bridgehead atoms. The van der Waals surface area contributed by atoms with Crippen molar-refractivity contribution in [3.63, 3.8) is 0 Å². The van der Waals surface area contributed by atoms with Crippen molar-refractivity contribution in [2.45, 2.75) is 19.9 Å². The van der Waals surface area contributed by atoms with Crippen molar-refractivity contribution in [3.8, 4) is 5.75 Å². The van der Waals surface area contributed by atoms with Crippen molar-refractivity contribution in [2.75, 3.05) is 7.11 Å². The van der Waals surface area contributed by atoms with Gasteiger partial charge >= 0.3 is 0 Å². The van der Waals surface area contributed by atoms with Crippen molar-refractivity contribution in [2.24, 2.45) is 5.73 Å². The minimum Gasteiger partial charge on any atom is -0.496 e. The summed E-state index contributed by atoms with van der Waals surface area (Å²) in [6.45, 7) is 3.69. The molecule has 0 amide bonds. The SMILES string of the molecule is COc1ccc(C(N)c2cccc(C)c2F)cc1C. The van der Waals surface area contributed by atoms with Gasteiger partial charge in [-0.15, -0.1) is 0 Å². The lowest BCUT2D eigenvalue weighted by Crippen LogP contribution is -2.14. The summed E-state index contributed by atoms with van der Waals surface area (Å²) < 4.78 is 19.3. The highest BCUT2D eigenvalue weighted by atomic mass is 19.1. The second kappa shape index (κ2) is 5.41. The molecule has 0 radical (unpaired) electrons. The molecule has 0 aromatic heterocycles. The van der Waals surface area contributed by atoms with E-state index in [0.717, 1.165) is 16.9 Å². The predicted molar refractivity (Wildman–Crippen MR) is 74.9 cm³/mol. The molecule has 2 rings (SSSR count). The summed E-state index contributed by atoms with van der Waals surface area (Å²) in [5.41, 5.74) is 9.16. The summed E-state index contributed by atoms with van der Waals surface area (Å²) in [5.74, 6) is 0.573. The number of hydrogen-bond donors (Lipinski definition) is 1. The van der Waals surface area contributed by atoms with Gasteiger partial charge in [0.25, 0.3) is 0 Å². The quantitative estimate of drug-likeness (QED) is 0.915. The zero-order valence-corrected chi connectivity index (χ0v) is 11.4. The van der Waals surface area contributed by atoms with Gasteiger partial charge < -0.3 is 10.5 Å². The van der Waals surface area contributed by atoms with Crippen molar-refractivity contribution >= 4 is 0 Å². The second-order valence-electron chi connectivity index (χ2n) is 4.68. The van der Waals surface area contributed by atoms with Crippen molar-refractivity contribution in [1.29, 1.82) is 0 Å². The first-order chi connectivity index (χ1) is 9.04. The highest BCUT2D eigenvalue weighted by Gasteiger charge is 2.15. The normalized spacial score (nSPS) is 12.3. The molecule has 0 saturated carbocycles. The summed E-state index contributed by atoms with van der Waals surface area (Å²) in [7, 11) is 1.63. The van der Waals surface area contributed by atoms with Gasteiger partial charge in [-0.2, -0.15) is 0 Å². The molecule has 100 valence electrons. The van der Waals surface area contributed by atoms with Gasteiger partial charge in [-0.1, -0.05) is 30.3 Å². The fraction of sp³-hybridized carbons (Fsp3) is 0.250. The minimum absolute atomic E-state index is 0.233. The van der Waals surface area contributed by atoms with Gasteiger partial charge in [-0.25, -0.2) is 4.39 Å². The average Bonchev–Trinajstić information content (AvgIpc) is 2.41. The number of methoxy groups -OCH3 is 1. The molecule has 0 aliphatic carbocycles. The molecule has 1 atom stereocenters. The Labute approximate surface area is 113 Å². The molecule has 2 nitrogen and oxygen atoms in total. The van der Waals surface area contributed by atoms with Crippen LogP contribution in [-0.4, -0.2) is 7.11 Å². The maximum absolute atomic E-state index is 14.1. The number of aryl methyl sites for hydroxylation is 2. The molecular formula is C16H18FNO. The number of nitrogens with two attached hydrogens (primary N) is 1. The molecule has 0 aliphatic rings. The Kier molecular flexibility index (Phi) is 3.86. The van der Waals surface area contributed by atoms with Crippen LogP contribution in [0.3, 0.4) is 0 Å². The van der Waals surface area contributed by atoms with Crippen LogP contribution in [0, 0.1) is 19.7 Å². The highest BCUT2D eigenvalue weighted by molar-refractivity contribution is 5.41. The summed E-state index contributed by atoms with van der Waals surface area (Å²) in [5, 5.41) is 0. The summed E-state index contributed by atoms with van der Waals surface area (Å²) in [4.78, 5) is 0. The maximum Gasteiger partial charge on any atom is 0.131 e. The van der Waals surface area contributed by atoms with E-state index in [1.54, 1.807) is 26.2 Å². The lowest BCUT2D eigenvalue weighted by Gasteiger charge is -2.16. The van der Waals surface area contributed by atoms with Crippen molar-refractivity contribution < 1.29 is 9.13 Å². The van der Waals surface area contributed by atoms with E-state index in [1.807, 2.05) is 31.2 Å². The Bertz CT molecular complexity index is 595. The van der Waals surface area contributed by atoms with Crippen LogP contribution >= 0.6 is 0 Å².